The maximum Gasteiger partial charge on any atom is 0.320 e. The summed E-state index contributed by atoms with van der Waals surface area (Å²) in [5, 5.41) is 8.90. The van der Waals surface area contributed by atoms with E-state index in [0.717, 1.165) is 25.7 Å². The highest BCUT2D eigenvalue weighted by Crippen LogP contribution is 2.30. The molecule has 1 atom stereocenters. The highest BCUT2D eigenvalue weighted by molar-refractivity contribution is 5.77. The summed E-state index contributed by atoms with van der Waals surface area (Å²) >= 11 is 0. The van der Waals surface area contributed by atoms with Gasteiger partial charge in [-0.1, -0.05) is 0 Å². The second kappa shape index (κ2) is 6.23. The minimum absolute atomic E-state index is 0.0108. The number of urea groups is 1. The largest absolute Gasteiger partial charge is 0.481 e. The number of likely N-dealkylation sites (tertiary alicyclic amines) is 1. The van der Waals surface area contributed by atoms with Crippen molar-refractivity contribution in [3.05, 3.63) is 0 Å². The van der Waals surface area contributed by atoms with Gasteiger partial charge in [0.15, 0.2) is 0 Å². The van der Waals surface area contributed by atoms with Crippen LogP contribution in [0.25, 0.3) is 0 Å². The van der Waals surface area contributed by atoms with E-state index in [9.17, 15) is 9.59 Å². The molecule has 1 heterocycles. The summed E-state index contributed by atoms with van der Waals surface area (Å²) in [6, 6.07) is 0.172. The number of amides is 2. The van der Waals surface area contributed by atoms with Crippen molar-refractivity contribution in [2.24, 2.45) is 0 Å². The maximum atomic E-state index is 12.5. The van der Waals surface area contributed by atoms with Crippen LogP contribution in [0.15, 0.2) is 0 Å². The Morgan fingerprint density at radius 1 is 1.37 bits per heavy atom. The third-order valence-corrected chi connectivity index (χ3v) is 3.80. The zero-order valence-corrected chi connectivity index (χ0v) is 11.4. The summed E-state index contributed by atoms with van der Waals surface area (Å²) in [4.78, 5) is 27.0. The molecular weight excluding hydrogens is 248 g/mol. The number of rotatable bonds is 6. The van der Waals surface area contributed by atoms with E-state index in [1.54, 1.807) is 12.0 Å². The van der Waals surface area contributed by atoms with E-state index >= 15 is 0 Å². The number of carboxylic acid groups (broad SMARTS) is 1. The Hall–Kier alpha value is -1.30. The molecule has 2 aliphatic rings. The summed E-state index contributed by atoms with van der Waals surface area (Å²) in [6.07, 6.45) is 3.83. The van der Waals surface area contributed by atoms with Crippen LogP contribution in [0, 0.1) is 0 Å². The van der Waals surface area contributed by atoms with Crippen LogP contribution in [0.3, 0.4) is 0 Å². The molecule has 19 heavy (non-hydrogen) atoms. The molecule has 108 valence electrons. The first-order valence-electron chi connectivity index (χ1n) is 6.91. The summed E-state index contributed by atoms with van der Waals surface area (Å²) in [5.41, 5.74) is 0. The lowest BCUT2D eigenvalue weighted by Gasteiger charge is -2.31. The molecule has 1 saturated carbocycles. The van der Waals surface area contributed by atoms with Gasteiger partial charge in [-0.15, -0.1) is 0 Å². The molecule has 1 N–H and O–H groups in total. The zero-order chi connectivity index (χ0) is 13.8. The zero-order valence-electron chi connectivity index (χ0n) is 11.4. The van der Waals surface area contributed by atoms with Gasteiger partial charge in [-0.3, -0.25) is 4.79 Å². The smallest absolute Gasteiger partial charge is 0.320 e. The molecule has 2 fully saturated rings. The molecule has 6 heteroatoms. The van der Waals surface area contributed by atoms with E-state index in [1.807, 2.05) is 4.90 Å². The number of hydrogen-bond acceptors (Lipinski definition) is 3. The van der Waals surface area contributed by atoms with Crippen molar-refractivity contribution in [3.8, 4) is 0 Å². The van der Waals surface area contributed by atoms with Gasteiger partial charge in [-0.2, -0.15) is 0 Å². The Morgan fingerprint density at radius 3 is 2.68 bits per heavy atom. The van der Waals surface area contributed by atoms with Crippen molar-refractivity contribution in [1.29, 1.82) is 0 Å². The van der Waals surface area contributed by atoms with Gasteiger partial charge < -0.3 is 19.6 Å². The molecule has 1 saturated heterocycles. The van der Waals surface area contributed by atoms with Crippen molar-refractivity contribution in [1.82, 2.24) is 9.80 Å². The average Bonchev–Trinajstić information content (AvgIpc) is 3.09. The topological polar surface area (TPSA) is 70.1 Å². The molecule has 1 unspecified atom stereocenters. The Kier molecular flexibility index (Phi) is 4.63. The van der Waals surface area contributed by atoms with Crippen LogP contribution in [0.1, 0.15) is 32.1 Å². The number of carbonyl (C=O) groups excluding carboxylic acids is 1. The number of hydrogen-bond donors (Lipinski definition) is 1. The Balaban J connectivity index is 1.97. The second-order valence-electron chi connectivity index (χ2n) is 5.29. The lowest BCUT2D eigenvalue weighted by molar-refractivity contribution is -0.138. The maximum absolute atomic E-state index is 12.5. The lowest BCUT2D eigenvalue weighted by Crippen LogP contribution is -2.48. The van der Waals surface area contributed by atoms with Crippen molar-refractivity contribution >= 4 is 12.0 Å². The SMILES string of the molecule is COCCN(C(=O)N1CCCC1CC(=O)O)C1CC1. The standard InChI is InChI=1S/C13H22N2O4/c1-19-8-7-15(10-4-5-10)13(18)14-6-2-3-11(14)9-12(16)17/h10-11H,2-9H2,1H3,(H,16,17). The summed E-state index contributed by atoms with van der Waals surface area (Å²) in [7, 11) is 1.62. The van der Waals surface area contributed by atoms with Gasteiger partial charge in [0.2, 0.25) is 0 Å². The van der Waals surface area contributed by atoms with Crippen LogP contribution in [-0.4, -0.2) is 65.8 Å². The van der Waals surface area contributed by atoms with Crippen LogP contribution in [0.5, 0.6) is 0 Å². The Labute approximate surface area is 113 Å². The monoisotopic (exact) mass is 270 g/mol. The first kappa shape index (κ1) is 14.1. The first-order valence-corrected chi connectivity index (χ1v) is 6.91. The Morgan fingerprint density at radius 2 is 2.11 bits per heavy atom. The van der Waals surface area contributed by atoms with Crippen LogP contribution >= 0.6 is 0 Å². The summed E-state index contributed by atoms with van der Waals surface area (Å²) in [6.45, 7) is 1.79. The number of nitrogens with zero attached hydrogens (tertiary/aromatic N) is 2. The fourth-order valence-electron chi connectivity index (χ4n) is 2.68. The third-order valence-electron chi connectivity index (χ3n) is 3.80. The number of carboxylic acids is 1. The van der Waals surface area contributed by atoms with Gasteiger partial charge >= 0.3 is 12.0 Å². The molecule has 1 aliphatic carbocycles. The van der Waals surface area contributed by atoms with Crippen LogP contribution < -0.4 is 0 Å². The van der Waals surface area contributed by atoms with Crippen LogP contribution in [0.2, 0.25) is 0 Å². The minimum atomic E-state index is -0.834. The lowest BCUT2D eigenvalue weighted by atomic mass is 10.1. The first-order chi connectivity index (χ1) is 9.13. The van der Waals surface area contributed by atoms with Gasteiger partial charge in [0.25, 0.3) is 0 Å². The fourth-order valence-corrected chi connectivity index (χ4v) is 2.68. The van der Waals surface area contributed by atoms with E-state index < -0.39 is 5.97 Å². The molecule has 0 aromatic carbocycles. The normalized spacial score (nSPS) is 22.6. The molecule has 2 amide bonds. The predicted octanol–water partition coefficient (Wildman–Crippen LogP) is 1.16. The second-order valence-corrected chi connectivity index (χ2v) is 5.29. The third kappa shape index (κ3) is 3.59. The molecular formula is C13H22N2O4. The minimum Gasteiger partial charge on any atom is -0.481 e. The molecule has 0 spiro atoms. The van der Waals surface area contributed by atoms with E-state index in [-0.39, 0.29) is 18.5 Å². The number of ether oxygens (including phenoxy) is 1. The van der Waals surface area contributed by atoms with Crippen LogP contribution in [0.4, 0.5) is 4.79 Å². The van der Waals surface area contributed by atoms with Crippen molar-refractivity contribution < 1.29 is 19.4 Å². The quantitative estimate of drug-likeness (QED) is 0.786. The highest BCUT2D eigenvalue weighted by Gasteiger charge is 2.38. The van der Waals surface area contributed by atoms with Crippen LogP contribution in [-0.2, 0) is 9.53 Å². The van der Waals surface area contributed by atoms with E-state index in [4.69, 9.17) is 9.84 Å². The van der Waals surface area contributed by atoms with E-state index in [0.29, 0.717) is 25.7 Å². The van der Waals surface area contributed by atoms with Gasteiger partial charge in [-0.25, -0.2) is 4.79 Å². The van der Waals surface area contributed by atoms with Gasteiger partial charge in [0.05, 0.1) is 13.0 Å². The molecule has 2 rings (SSSR count). The molecule has 0 bridgehead atoms. The average molecular weight is 270 g/mol. The van der Waals surface area contributed by atoms with E-state index in [2.05, 4.69) is 0 Å². The van der Waals surface area contributed by atoms with Crippen molar-refractivity contribution in [2.75, 3.05) is 26.8 Å². The van der Waals surface area contributed by atoms with Gasteiger partial charge in [0, 0.05) is 32.3 Å². The summed E-state index contributed by atoms with van der Waals surface area (Å²) < 4.78 is 5.05. The fraction of sp³-hybridized carbons (Fsp3) is 0.846. The van der Waals surface area contributed by atoms with Gasteiger partial charge in [0.1, 0.15) is 0 Å². The highest BCUT2D eigenvalue weighted by atomic mass is 16.5. The Bertz CT molecular complexity index is 344. The van der Waals surface area contributed by atoms with E-state index in [1.165, 1.54) is 0 Å². The van der Waals surface area contributed by atoms with Gasteiger partial charge in [-0.05, 0) is 25.7 Å². The molecule has 0 aromatic rings. The van der Waals surface area contributed by atoms with Crippen molar-refractivity contribution in [3.63, 3.8) is 0 Å². The number of aliphatic carboxylic acids is 1. The number of carbonyl (C=O) groups is 2. The molecule has 1 aliphatic heterocycles. The molecule has 0 aromatic heterocycles. The molecule has 6 nitrogen and oxygen atoms in total. The summed E-state index contributed by atoms with van der Waals surface area (Å²) in [5.74, 6) is -0.834. The number of methoxy groups -OCH3 is 1. The van der Waals surface area contributed by atoms with Crippen molar-refractivity contribution in [2.45, 2.75) is 44.2 Å². The predicted molar refractivity (Wildman–Crippen MR) is 69.0 cm³/mol. The molecule has 0 radical (unpaired) electrons.